The molecule has 10 heteroatoms. The Bertz CT molecular complexity index is 1210. The highest BCUT2D eigenvalue weighted by Gasteiger charge is 2.34. The number of thiophene rings is 1. The fraction of sp³-hybridized carbons (Fsp3) is 0.478. The Labute approximate surface area is 196 Å². The lowest BCUT2D eigenvalue weighted by molar-refractivity contribution is -0.125. The molecule has 3 aliphatic rings. The molecule has 5 rings (SSSR count). The molecule has 0 unspecified atom stereocenters. The highest BCUT2D eigenvalue weighted by atomic mass is 32.2. The van der Waals surface area contributed by atoms with Crippen LogP contribution in [0.5, 0.6) is 11.5 Å². The quantitative estimate of drug-likeness (QED) is 0.682. The van der Waals surface area contributed by atoms with Crippen molar-refractivity contribution in [1.29, 1.82) is 0 Å². The molecule has 33 heavy (non-hydrogen) atoms. The minimum absolute atomic E-state index is 0.0452. The topological polar surface area (TPSA) is 111 Å². The van der Waals surface area contributed by atoms with Crippen molar-refractivity contribution < 1.29 is 27.5 Å². The fourth-order valence-electron chi connectivity index (χ4n) is 4.59. The molecule has 1 fully saturated rings. The van der Waals surface area contributed by atoms with Crippen LogP contribution >= 0.6 is 11.3 Å². The van der Waals surface area contributed by atoms with Crippen LogP contribution in [0.3, 0.4) is 0 Å². The van der Waals surface area contributed by atoms with E-state index in [0.717, 1.165) is 29.7 Å². The number of sulfone groups is 1. The Morgan fingerprint density at radius 2 is 1.94 bits per heavy atom. The van der Waals surface area contributed by atoms with E-state index in [1.807, 2.05) is 12.1 Å². The van der Waals surface area contributed by atoms with Crippen LogP contribution in [0.4, 0.5) is 5.00 Å². The summed E-state index contributed by atoms with van der Waals surface area (Å²) in [4.78, 5) is 27.4. The van der Waals surface area contributed by atoms with E-state index in [-0.39, 0.29) is 29.9 Å². The van der Waals surface area contributed by atoms with Gasteiger partial charge < -0.3 is 20.1 Å². The van der Waals surface area contributed by atoms with Crippen molar-refractivity contribution in [1.82, 2.24) is 5.32 Å². The molecular formula is C23H26N2O6S2. The van der Waals surface area contributed by atoms with Gasteiger partial charge in [-0.2, -0.15) is 0 Å². The van der Waals surface area contributed by atoms with Crippen LogP contribution in [0.1, 0.15) is 40.6 Å². The number of anilines is 1. The molecule has 1 aromatic carbocycles. The van der Waals surface area contributed by atoms with Gasteiger partial charge in [0.05, 0.1) is 17.1 Å². The maximum atomic E-state index is 13.3. The molecule has 0 bridgehead atoms. The Hall–Kier alpha value is -2.59. The van der Waals surface area contributed by atoms with Crippen molar-refractivity contribution in [3.05, 3.63) is 40.3 Å². The Morgan fingerprint density at radius 3 is 2.70 bits per heavy atom. The van der Waals surface area contributed by atoms with Gasteiger partial charge in [0, 0.05) is 10.9 Å². The second-order valence-electron chi connectivity index (χ2n) is 8.98. The third-order valence-corrected chi connectivity index (χ3v) is 9.28. The van der Waals surface area contributed by atoms with E-state index in [1.54, 1.807) is 12.1 Å². The van der Waals surface area contributed by atoms with Crippen LogP contribution in [0.15, 0.2) is 24.3 Å². The van der Waals surface area contributed by atoms with Crippen molar-refractivity contribution in [2.75, 3.05) is 23.4 Å². The second kappa shape index (κ2) is 8.64. The van der Waals surface area contributed by atoms with Crippen molar-refractivity contribution in [3.8, 4) is 11.5 Å². The lowest BCUT2D eigenvalue weighted by Gasteiger charge is -2.25. The van der Waals surface area contributed by atoms with Gasteiger partial charge in [0.2, 0.25) is 6.10 Å². The molecule has 3 atom stereocenters. The van der Waals surface area contributed by atoms with Gasteiger partial charge in [-0.1, -0.05) is 19.1 Å². The summed E-state index contributed by atoms with van der Waals surface area (Å²) >= 11 is 1.42. The van der Waals surface area contributed by atoms with Gasteiger partial charge in [-0.25, -0.2) is 8.42 Å². The fourth-order valence-corrected chi connectivity index (χ4v) is 7.67. The number of rotatable bonds is 4. The van der Waals surface area contributed by atoms with E-state index >= 15 is 0 Å². The molecular weight excluding hydrogens is 464 g/mol. The Kier molecular flexibility index (Phi) is 5.82. The molecule has 1 aromatic heterocycles. The number of ether oxygens (including phenoxy) is 2. The van der Waals surface area contributed by atoms with Gasteiger partial charge in [0.25, 0.3) is 11.8 Å². The molecule has 1 aliphatic carbocycles. The standard InChI is InChI=1S/C23H26N2O6S2/c1-13-6-7-15-19(10-13)32-23(20(15)22(27)24-14-8-9-33(28,29)12-14)25-21(26)18-11-30-16-4-2-3-5-17(16)31-18/h2-5,13-14,18H,6-12H2,1H3,(H,24,27)(H,25,26)/t13-,14+,18-/m1/s1. The van der Waals surface area contributed by atoms with E-state index in [1.165, 1.54) is 11.3 Å². The van der Waals surface area contributed by atoms with Gasteiger partial charge in [-0.3, -0.25) is 9.59 Å². The normalized spacial score (nSPS) is 25.2. The lowest BCUT2D eigenvalue weighted by atomic mass is 9.88. The number of benzene rings is 1. The highest BCUT2D eigenvalue weighted by Crippen LogP contribution is 2.40. The average Bonchev–Trinajstić information content (AvgIpc) is 3.31. The van der Waals surface area contributed by atoms with Crippen molar-refractivity contribution in [2.24, 2.45) is 5.92 Å². The molecule has 2 N–H and O–H groups in total. The zero-order valence-corrected chi connectivity index (χ0v) is 19.9. The van der Waals surface area contributed by atoms with Crippen LogP contribution in [0.25, 0.3) is 0 Å². The summed E-state index contributed by atoms with van der Waals surface area (Å²) in [5.41, 5.74) is 1.41. The van der Waals surface area contributed by atoms with Crippen LogP contribution < -0.4 is 20.1 Å². The predicted molar refractivity (Wildman–Crippen MR) is 125 cm³/mol. The number of para-hydroxylation sites is 2. The number of nitrogens with one attached hydrogen (secondary N) is 2. The van der Waals surface area contributed by atoms with Crippen LogP contribution in [-0.4, -0.2) is 50.5 Å². The first-order valence-electron chi connectivity index (χ1n) is 11.1. The summed E-state index contributed by atoms with van der Waals surface area (Å²) in [5, 5.41) is 6.27. The van der Waals surface area contributed by atoms with Crippen LogP contribution in [0.2, 0.25) is 0 Å². The summed E-state index contributed by atoms with van der Waals surface area (Å²) < 4.78 is 35.1. The number of hydrogen-bond acceptors (Lipinski definition) is 7. The third-order valence-electron chi connectivity index (χ3n) is 6.34. The first-order chi connectivity index (χ1) is 15.8. The molecule has 8 nitrogen and oxygen atoms in total. The Morgan fingerprint density at radius 1 is 1.15 bits per heavy atom. The molecule has 2 amide bonds. The van der Waals surface area contributed by atoms with Gasteiger partial charge >= 0.3 is 0 Å². The molecule has 0 radical (unpaired) electrons. The number of fused-ring (bicyclic) bond motifs is 2. The first-order valence-corrected chi connectivity index (χ1v) is 13.8. The molecule has 0 spiro atoms. The lowest BCUT2D eigenvalue weighted by Crippen LogP contribution is -2.41. The SMILES string of the molecule is C[C@@H]1CCc2c(sc(NC(=O)[C@H]3COc4ccccc4O3)c2C(=O)N[C@H]2CCS(=O)(=O)C2)C1. The van der Waals surface area contributed by atoms with E-state index in [9.17, 15) is 18.0 Å². The van der Waals surface area contributed by atoms with Crippen molar-refractivity contribution in [3.63, 3.8) is 0 Å². The average molecular weight is 491 g/mol. The summed E-state index contributed by atoms with van der Waals surface area (Å²) in [6.07, 6.45) is 2.14. The van der Waals surface area contributed by atoms with Gasteiger partial charge in [-0.05, 0) is 49.3 Å². The first kappa shape index (κ1) is 22.2. The zero-order chi connectivity index (χ0) is 23.2. The van der Waals surface area contributed by atoms with E-state index < -0.39 is 22.0 Å². The van der Waals surface area contributed by atoms with Crippen molar-refractivity contribution in [2.45, 2.75) is 44.8 Å². The number of carbonyl (C=O) groups is 2. The summed E-state index contributed by atoms with van der Waals surface area (Å²) in [5.74, 6) is 0.927. The molecule has 2 aromatic rings. The van der Waals surface area contributed by atoms with Gasteiger partial charge in [0.1, 0.15) is 11.6 Å². The Balaban J connectivity index is 1.38. The van der Waals surface area contributed by atoms with Crippen LogP contribution in [0, 0.1) is 5.92 Å². The largest absolute Gasteiger partial charge is 0.485 e. The predicted octanol–water partition coefficient (Wildman–Crippen LogP) is 2.57. The summed E-state index contributed by atoms with van der Waals surface area (Å²) in [6, 6.07) is 6.76. The minimum atomic E-state index is -3.11. The molecule has 3 heterocycles. The second-order valence-corrected chi connectivity index (χ2v) is 12.3. The molecule has 2 aliphatic heterocycles. The van der Waals surface area contributed by atoms with Crippen molar-refractivity contribution >= 4 is 38.0 Å². The third kappa shape index (κ3) is 4.59. The number of hydrogen-bond donors (Lipinski definition) is 2. The molecule has 1 saturated heterocycles. The highest BCUT2D eigenvalue weighted by molar-refractivity contribution is 7.91. The monoisotopic (exact) mass is 490 g/mol. The zero-order valence-electron chi connectivity index (χ0n) is 18.3. The molecule has 176 valence electrons. The van der Waals surface area contributed by atoms with Gasteiger partial charge in [0.15, 0.2) is 21.3 Å². The van der Waals surface area contributed by atoms with E-state index in [0.29, 0.717) is 34.4 Å². The summed E-state index contributed by atoms with van der Waals surface area (Å²) in [6.45, 7) is 2.25. The van der Waals surface area contributed by atoms with Crippen LogP contribution in [-0.2, 0) is 27.5 Å². The number of amides is 2. The smallest absolute Gasteiger partial charge is 0.269 e. The maximum absolute atomic E-state index is 13.3. The summed E-state index contributed by atoms with van der Waals surface area (Å²) in [7, 11) is -3.11. The van der Waals surface area contributed by atoms with E-state index in [4.69, 9.17) is 9.47 Å². The van der Waals surface area contributed by atoms with Gasteiger partial charge in [-0.15, -0.1) is 11.3 Å². The maximum Gasteiger partial charge on any atom is 0.269 e. The number of carbonyl (C=O) groups excluding carboxylic acids is 2. The van der Waals surface area contributed by atoms with E-state index in [2.05, 4.69) is 17.6 Å². The minimum Gasteiger partial charge on any atom is -0.485 e. The molecule has 0 saturated carbocycles.